The lowest BCUT2D eigenvalue weighted by atomic mass is 9.95. The van der Waals surface area contributed by atoms with Crippen molar-refractivity contribution in [1.29, 1.82) is 0 Å². The lowest BCUT2D eigenvalue weighted by Gasteiger charge is -2.31. The third-order valence-electron chi connectivity index (χ3n) is 4.89. The topological polar surface area (TPSA) is 119 Å². The van der Waals surface area contributed by atoms with Crippen molar-refractivity contribution >= 4 is 23.2 Å². The van der Waals surface area contributed by atoms with Crippen molar-refractivity contribution in [3.8, 4) is 0 Å². The van der Waals surface area contributed by atoms with Crippen LogP contribution in [0.15, 0.2) is 27.3 Å². The quantitative estimate of drug-likeness (QED) is 0.602. The van der Waals surface area contributed by atoms with Gasteiger partial charge in [-0.3, -0.25) is 4.79 Å². The van der Waals surface area contributed by atoms with Crippen LogP contribution in [-0.2, 0) is 22.5 Å². The number of fused-ring (bicyclic) bond motifs is 1. The number of nitrogens with one attached hydrogen (secondary N) is 1. The molecule has 10 heteroatoms. The van der Waals surface area contributed by atoms with E-state index in [4.69, 9.17) is 13.7 Å². The molecule has 0 aliphatic carbocycles. The molecule has 10 nitrogen and oxygen atoms in total. The maximum absolute atomic E-state index is 12.4. The van der Waals surface area contributed by atoms with Crippen molar-refractivity contribution in [3.05, 3.63) is 30.0 Å². The number of ether oxygens (including phenoxy) is 1. The van der Waals surface area contributed by atoms with Crippen LogP contribution in [0.25, 0.3) is 11.2 Å². The fraction of sp³-hybridized carbons (Fsp3) is 0.526. The summed E-state index contributed by atoms with van der Waals surface area (Å²) in [5, 5.41) is 6.74. The molecular formula is C19H24N6O4. The number of hydrogen-bond acceptors (Lipinski definition) is 9. The summed E-state index contributed by atoms with van der Waals surface area (Å²) in [6, 6.07) is 4.25. The molecule has 1 N–H and O–H groups in total. The minimum Gasteiger partial charge on any atom is -0.422 e. The van der Waals surface area contributed by atoms with Gasteiger partial charge in [-0.15, -0.1) is 0 Å². The van der Waals surface area contributed by atoms with Crippen LogP contribution in [0.2, 0.25) is 0 Å². The van der Waals surface area contributed by atoms with E-state index < -0.39 is 0 Å². The highest BCUT2D eigenvalue weighted by Crippen LogP contribution is 2.26. The highest BCUT2D eigenvalue weighted by molar-refractivity contribution is 5.76. The normalized spacial score (nSPS) is 17.0. The van der Waals surface area contributed by atoms with Crippen LogP contribution in [0.1, 0.15) is 31.0 Å². The maximum atomic E-state index is 12.4. The number of hydrogen-bond donors (Lipinski definition) is 1. The van der Waals surface area contributed by atoms with E-state index in [1.807, 2.05) is 12.1 Å². The Morgan fingerprint density at radius 2 is 2.34 bits per heavy atom. The predicted molar refractivity (Wildman–Crippen MR) is 103 cm³/mol. The summed E-state index contributed by atoms with van der Waals surface area (Å²) in [6.45, 7) is 2.35. The number of aromatic nitrogens is 4. The monoisotopic (exact) mass is 400 g/mol. The van der Waals surface area contributed by atoms with Gasteiger partial charge in [-0.25, -0.2) is 4.98 Å². The molecule has 0 saturated carbocycles. The van der Waals surface area contributed by atoms with Gasteiger partial charge in [0.05, 0.1) is 19.6 Å². The van der Waals surface area contributed by atoms with Crippen molar-refractivity contribution in [3.63, 3.8) is 0 Å². The van der Waals surface area contributed by atoms with E-state index in [0.29, 0.717) is 48.4 Å². The molecule has 3 aromatic heterocycles. The smallest absolute Gasteiger partial charge is 0.299 e. The Kier molecular flexibility index (Phi) is 5.99. The average molecular weight is 400 g/mol. The number of methoxy groups -OCH3 is 1. The zero-order valence-electron chi connectivity index (χ0n) is 16.3. The van der Waals surface area contributed by atoms with Crippen LogP contribution in [0.5, 0.6) is 0 Å². The van der Waals surface area contributed by atoms with Gasteiger partial charge < -0.3 is 23.9 Å². The van der Waals surface area contributed by atoms with Crippen LogP contribution in [-0.4, -0.2) is 52.8 Å². The molecule has 1 saturated heterocycles. The lowest BCUT2D eigenvalue weighted by Crippen LogP contribution is -2.38. The van der Waals surface area contributed by atoms with E-state index in [1.165, 1.54) is 0 Å². The molecule has 1 aliphatic heterocycles. The van der Waals surface area contributed by atoms with Gasteiger partial charge in [0.1, 0.15) is 0 Å². The van der Waals surface area contributed by atoms with Crippen LogP contribution >= 0.6 is 0 Å². The summed E-state index contributed by atoms with van der Waals surface area (Å²) in [6.07, 6.45) is 4.66. The van der Waals surface area contributed by atoms with Gasteiger partial charge in [-0.1, -0.05) is 5.16 Å². The third-order valence-corrected chi connectivity index (χ3v) is 4.89. The Hall–Kier alpha value is -3.01. The van der Waals surface area contributed by atoms with Crippen LogP contribution in [0.4, 0.5) is 6.01 Å². The van der Waals surface area contributed by atoms with E-state index in [1.54, 1.807) is 13.3 Å². The first kappa shape index (κ1) is 19.3. The number of nitrogens with zero attached hydrogens (tertiary/aromatic N) is 5. The molecule has 0 spiro atoms. The van der Waals surface area contributed by atoms with Crippen molar-refractivity contribution in [2.45, 2.75) is 32.2 Å². The summed E-state index contributed by atoms with van der Waals surface area (Å²) in [7, 11) is 1.62. The van der Waals surface area contributed by atoms with E-state index in [0.717, 1.165) is 25.9 Å². The molecule has 4 heterocycles. The second-order valence-corrected chi connectivity index (χ2v) is 7.10. The SMILES string of the molecule is COCCc1nc(CNC(=O)CC2CCCN(c3nc4ncccc4o3)C2)no1. The Morgan fingerprint density at radius 1 is 1.41 bits per heavy atom. The number of anilines is 1. The van der Waals surface area contributed by atoms with E-state index in [9.17, 15) is 4.79 Å². The summed E-state index contributed by atoms with van der Waals surface area (Å²) >= 11 is 0. The Labute approximate surface area is 167 Å². The fourth-order valence-electron chi connectivity index (χ4n) is 3.46. The number of carbonyl (C=O) groups excluding carboxylic acids is 1. The second-order valence-electron chi connectivity index (χ2n) is 7.10. The molecule has 29 heavy (non-hydrogen) atoms. The molecule has 1 aliphatic rings. The molecule has 4 rings (SSSR count). The van der Waals surface area contributed by atoms with E-state index >= 15 is 0 Å². The zero-order chi connectivity index (χ0) is 20.1. The lowest BCUT2D eigenvalue weighted by molar-refractivity contribution is -0.122. The summed E-state index contributed by atoms with van der Waals surface area (Å²) in [4.78, 5) is 27.4. The van der Waals surface area contributed by atoms with Crippen molar-refractivity contribution in [2.24, 2.45) is 5.92 Å². The number of pyridine rings is 1. The van der Waals surface area contributed by atoms with Crippen LogP contribution in [0, 0.1) is 5.92 Å². The Balaban J connectivity index is 1.27. The molecular weight excluding hydrogens is 376 g/mol. The molecule has 154 valence electrons. The van der Waals surface area contributed by atoms with Gasteiger partial charge >= 0.3 is 0 Å². The van der Waals surface area contributed by atoms with Crippen molar-refractivity contribution in [1.82, 2.24) is 25.4 Å². The van der Waals surface area contributed by atoms with Crippen molar-refractivity contribution in [2.75, 3.05) is 31.7 Å². The molecule has 1 fully saturated rings. The van der Waals surface area contributed by atoms with Crippen LogP contribution < -0.4 is 10.2 Å². The summed E-state index contributed by atoms with van der Waals surface area (Å²) in [5.74, 6) is 1.18. The Morgan fingerprint density at radius 3 is 3.21 bits per heavy atom. The van der Waals surface area contributed by atoms with Gasteiger partial charge in [-0.2, -0.15) is 9.97 Å². The van der Waals surface area contributed by atoms with Gasteiger partial charge in [0.2, 0.25) is 17.4 Å². The maximum Gasteiger partial charge on any atom is 0.299 e. The predicted octanol–water partition coefficient (Wildman–Crippen LogP) is 1.72. The first-order valence-electron chi connectivity index (χ1n) is 9.75. The fourth-order valence-corrected chi connectivity index (χ4v) is 3.46. The number of rotatable bonds is 8. The first-order valence-corrected chi connectivity index (χ1v) is 9.75. The molecule has 1 amide bonds. The summed E-state index contributed by atoms with van der Waals surface area (Å²) in [5.41, 5.74) is 1.28. The minimum absolute atomic E-state index is 0.0284. The van der Waals surface area contributed by atoms with E-state index in [2.05, 4.69) is 30.3 Å². The Bertz CT molecular complexity index is 922. The van der Waals surface area contributed by atoms with E-state index in [-0.39, 0.29) is 18.4 Å². The highest BCUT2D eigenvalue weighted by atomic mass is 16.5. The number of amides is 1. The first-order chi connectivity index (χ1) is 14.2. The minimum atomic E-state index is -0.0284. The van der Waals surface area contributed by atoms with Gasteiger partial charge in [0.15, 0.2) is 11.4 Å². The van der Waals surface area contributed by atoms with Crippen molar-refractivity contribution < 1.29 is 18.5 Å². The molecule has 0 aromatic carbocycles. The van der Waals surface area contributed by atoms with Crippen LogP contribution in [0.3, 0.4) is 0 Å². The molecule has 1 atom stereocenters. The molecule has 0 bridgehead atoms. The molecule has 0 radical (unpaired) electrons. The molecule has 1 unspecified atom stereocenters. The molecule has 3 aromatic rings. The van der Waals surface area contributed by atoms with Gasteiger partial charge in [0.25, 0.3) is 6.01 Å². The standard InChI is InChI=1S/C19H24N6O4/c1-27-9-6-17-22-15(24-29-17)11-21-16(26)10-13-4-3-8-25(12-13)19-23-18-14(28-19)5-2-7-20-18/h2,5,7,13H,3-4,6,8-12H2,1H3,(H,21,26). The average Bonchev–Trinajstić information content (AvgIpc) is 3.38. The van der Waals surface area contributed by atoms with Gasteiger partial charge in [-0.05, 0) is 30.9 Å². The second kappa shape index (κ2) is 8.99. The van der Waals surface area contributed by atoms with Gasteiger partial charge in [0, 0.05) is 32.8 Å². The highest BCUT2D eigenvalue weighted by Gasteiger charge is 2.25. The number of oxazole rings is 1. The summed E-state index contributed by atoms with van der Waals surface area (Å²) < 4.78 is 15.9. The largest absolute Gasteiger partial charge is 0.422 e. The number of piperidine rings is 1. The number of carbonyl (C=O) groups is 1. The zero-order valence-corrected chi connectivity index (χ0v) is 16.3. The third kappa shape index (κ3) is 4.89.